The van der Waals surface area contributed by atoms with Crippen LogP contribution in [0.5, 0.6) is 0 Å². The largest absolute Gasteiger partial charge is 0.463 e. The second kappa shape index (κ2) is 5.57. The maximum absolute atomic E-state index is 12.5. The molecule has 0 bridgehead atoms. The fraction of sp³-hybridized carbons (Fsp3) is 0.438. The van der Waals surface area contributed by atoms with Crippen molar-refractivity contribution in [2.24, 2.45) is 0 Å². The molecule has 4 nitrogen and oxygen atoms in total. The average molecular weight is 272 g/mol. The van der Waals surface area contributed by atoms with Crippen LogP contribution in [0.2, 0.25) is 0 Å². The van der Waals surface area contributed by atoms with E-state index in [0.717, 1.165) is 23.9 Å². The number of hydrogen-bond acceptors (Lipinski definition) is 2. The first kappa shape index (κ1) is 13.0. The molecule has 0 unspecified atom stereocenters. The highest BCUT2D eigenvalue weighted by Gasteiger charge is 2.20. The van der Waals surface area contributed by atoms with E-state index in [2.05, 4.69) is 11.9 Å². The van der Waals surface area contributed by atoms with Crippen molar-refractivity contribution in [2.75, 3.05) is 0 Å². The molecule has 0 spiro atoms. The second-order valence-corrected chi connectivity index (χ2v) is 5.41. The van der Waals surface area contributed by atoms with Crippen molar-refractivity contribution >= 4 is 17.0 Å². The Kier molecular flexibility index (Phi) is 3.63. The van der Waals surface area contributed by atoms with E-state index in [-0.39, 0.29) is 5.91 Å². The molecule has 1 amide bonds. The smallest absolute Gasteiger partial charge is 0.268 e. The lowest BCUT2D eigenvalue weighted by molar-refractivity contribution is 0.0919. The van der Waals surface area contributed by atoms with Crippen LogP contribution in [0.25, 0.3) is 11.1 Å². The Bertz CT molecular complexity index is 617. The maximum atomic E-state index is 12.5. The third-order valence-corrected chi connectivity index (χ3v) is 4.01. The summed E-state index contributed by atoms with van der Waals surface area (Å²) in [5.74, 6) is -0.00912. The fourth-order valence-electron chi connectivity index (χ4n) is 3.00. The molecule has 1 saturated carbocycles. The summed E-state index contributed by atoms with van der Waals surface area (Å²) in [7, 11) is 0. The summed E-state index contributed by atoms with van der Waals surface area (Å²) in [6.07, 6.45) is 9.32. The van der Waals surface area contributed by atoms with Gasteiger partial charge < -0.3 is 14.3 Å². The van der Waals surface area contributed by atoms with Crippen LogP contribution in [0.1, 0.15) is 42.6 Å². The lowest BCUT2D eigenvalue weighted by Crippen LogP contribution is -2.37. The van der Waals surface area contributed by atoms with Gasteiger partial charge in [-0.15, -0.1) is 6.58 Å². The lowest BCUT2D eigenvalue weighted by atomic mass is 9.95. The van der Waals surface area contributed by atoms with Gasteiger partial charge in [-0.3, -0.25) is 4.79 Å². The van der Waals surface area contributed by atoms with E-state index in [1.165, 1.54) is 19.3 Å². The zero-order valence-corrected chi connectivity index (χ0v) is 11.6. The minimum Gasteiger partial charge on any atom is -0.463 e. The number of hydrogen-bond donors (Lipinski definition) is 1. The molecule has 0 aromatic carbocycles. The molecule has 1 N–H and O–H groups in total. The summed E-state index contributed by atoms with van der Waals surface area (Å²) in [4.78, 5) is 12.5. The van der Waals surface area contributed by atoms with Crippen LogP contribution >= 0.6 is 0 Å². The molecular formula is C16H20N2O2. The summed E-state index contributed by atoms with van der Waals surface area (Å²) in [6.45, 7) is 4.37. The fourth-order valence-corrected chi connectivity index (χ4v) is 3.00. The molecule has 2 aromatic rings. The molecule has 1 fully saturated rings. The Morgan fingerprint density at radius 1 is 1.45 bits per heavy atom. The first-order chi connectivity index (χ1) is 9.79. The maximum Gasteiger partial charge on any atom is 0.268 e. The monoisotopic (exact) mass is 272 g/mol. The Morgan fingerprint density at radius 3 is 3.00 bits per heavy atom. The lowest BCUT2D eigenvalue weighted by Gasteiger charge is -2.23. The quantitative estimate of drug-likeness (QED) is 0.866. The summed E-state index contributed by atoms with van der Waals surface area (Å²) in [5, 5.41) is 3.15. The van der Waals surface area contributed by atoms with Crippen molar-refractivity contribution < 1.29 is 9.21 Å². The van der Waals surface area contributed by atoms with E-state index in [1.807, 2.05) is 16.7 Å². The van der Waals surface area contributed by atoms with Gasteiger partial charge in [-0.2, -0.15) is 0 Å². The van der Waals surface area contributed by atoms with Gasteiger partial charge >= 0.3 is 0 Å². The third kappa shape index (κ3) is 2.38. The van der Waals surface area contributed by atoms with Crippen LogP contribution in [-0.4, -0.2) is 16.5 Å². The average Bonchev–Trinajstić information content (AvgIpc) is 3.03. The summed E-state index contributed by atoms with van der Waals surface area (Å²) in [5.41, 5.74) is 2.35. The number of rotatable bonds is 4. The van der Waals surface area contributed by atoms with E-state index in [4.69, 9.17) is 4.42 Å². The van der Waals surface area contributed by atoms with Crippen molar-refractivity contribution in [3.63, 3.8) is 0 Å². The van der Waals surface area contributed by atoms with E-state index in [1.54, 1.807) is 12.3 Å². The van der Waals surface area contributed by atoms with Crippen LogP contribution in [0.15, 0.2) is 35.5 Å². The highest BCUT2D eigenvalue weighted by atomic mass is 16.3. The molecule has 1 aliphatic rings. The van der Waals surface area contributed by atoms with Crippen LogP contribution in [0.3, 0.4) is 0 Å². The number of carbonyl (C=O) groups is 1. The molecule has 4 heteroatoms. The molecule has 0 aliphatic heterocycles. The molecular weight excluding hydrogens is 252 g/mol. The molecule has 2 aromatic heterocycles. The predicted octanol–water partition coefficient (Wildman–Crippen LogP) is 3.48. The summed E-state index contributed by atoms with van der Waals surface area (Å²) in [6, 6.07) is 4.02. The van der Waals surface area contributed by atoms with Gasteiger partial charge in [0.25, 0.3) is 5.91 Å². The number of furan rings is 1. The van der Waals surface area contributed by atoms with E-state index < -0.39 is 0 Å². The predicted molar refractivity (Wildman–Crippen MR) is 78.7 cm³/mol. The second-order valence-electron chi connectivity index (χ2n) is 5.41. The normalized spacial score (nSPS) is 16.4. The highest BCUT2D eigenvalue weighted by molar-refractivity contribution is 5.97. The van der Waals surface area contributed by atoms with Gasteiger partial charge in [-0.1, -0.05) is 25.3 Å². The summed E-state index contributed by atoms with van der Waals surface area (Å²) >= 11 is 0. The number of aromatic nitrogens is 1. The van der Waals surface area contributed by atoms with Gasteiger partial charge in [0.15, 0.2) is 5.58 Å². The number of fused-ring (bicyclic) bond motifs is 1. The Hall–Kier alpha value is -1.97. The molecule has 0 saturated heterocycles. The number of allylic oxidation sites excluding steroid dienone is 1. The minimum absolute atomic E-state index is 0.00912. The number of carbonyl (C=O) groups excluding carboxylic acids is 1. The molecule has 106 valence electrons. The van der Waals surface area contributed by atoms with Gasteiger partial charge in [0.1, 0.15) is 5.69 Å². The summed E-state index contributed by atoms with van der Waals surface area (Å²) < 4.78 is 7.34. The highest BCUT2D eigenvalue weighted by Crippen LogP contribution is 2.22. The first-order valence-electron chi connectivity index (χ1n) is 7.28. The Labute approximate surface area is 118 Å². The third-order valence-electron chi connectivity index (χ3n) is 4.01. The van der Waals surface area contributed by atoms with E-state index in [0.29, 0.717) is 18.3 Å². The molecule has 0 radical (unpaired) electrons. The van der Waals surface area contributed by atoms with E-state index >= 15 is 0 Å². The molecule has 20 heavy (non-hydrogen) atoms. The standard InChI is InChI=1S/C16H20N2O2/c1-2-9-18-13-8-10-20-15(13)11-14(18)16(19)17-12-6-4-3-5-7-12/h2,8,10-12H,1,3-7,9H2,(H,17,19). The zero-order valence-electron chi connectivity index (χ0n) is 11.6. The van der Waals surface area contributed by atoms with Gasteiger partial charge in [0.2, 0.25) is 0 Å². The molecule has 1 aliphatic carbocycles. The SMILES string of the molecule is C=CCn1c(C(=O)NC2CCCCC2)cc2occc21. The van der Waals surface area contributed by atoms with Crippen LogP contribution < -0.4 is 5.32 Å². The molecule has 2 heterocycles. The Balaban J connectivity index is 1.84. The van der Waals surface area contributed by atoms with Crippen LogP contribution in [0.4, 0.5) is 0 Å². The van der Waals surface area contributed by atoms with Crippen molar-refractivity contribution in [1.29, 1.82) is 0 Å². The van der Waals surface area contributed by atoms with Gasteiger partial charge in [0.05, 0.1) is 11.8 Å². The van der Waals surface area contributed by atoms with Gasteiger partial charge in [-0.05, 0) is 12.8 Å². The molecule has 0 atom stereocenters. The number of amides is 1. The topological polar surface area (TPSA) is 47.2 Å². The Morgan fingerprint density at radius 2 is 2.25 bits per heavy atom. The molecule has 3 rings (SSSR count). The minimum atomic E-state index is -0.00912. The van der Waals surface area contributed by atoms with Gasteiger partial charge in [-0.25, -0.2) is 0 Å². The number of nitrogens with zero attached hydrogens (tertiary/aromatic N) is 1. The van der Waals surface area contributed by atoms with Crippen molar-refractivity contribution in [1.82, 2.24) is 9.88 Å². The van der Waals surface area contributed by atoms with Crippen molar-refractivity contribution in [3.8, 4) is 0 Å². The van der Waals surface area contributed by atoms with Crippen LogP contribution in [-0.2, 0) is 6.54 Å². The van der Waals surface area contributed by atoms with Crippen molar-refractivity contribution in [3.05, 3.63) is 36.7 Å². The van der Waals surface area contributed by atoms with Gasteiger partial charge in [0, 0.05) is 24.7 Å². The first-order valence-corrected chi connectivity index (χ1v) is 7.28. The van der Waals surface area contributed by atoms with Crippen molar-refractivity contribution in [2.45, 2.75) is 44.7 Å². The van der Waals surface area contributed by atoms with E-state index in [9.17, 15) is 4.79 Å². The van der Waals surface area contributed by atoms with Crippen LogP contribution in [0, 0.1) is 0 Å². The zero-order chi connectivity index (χ0) is 13.9. The number of nitrogens with one attached hydrogen (secondary N) is 1.